The van der Waals surface area contributed by atoms with Crippen LogP contribution in [-0.4, -0.2) is 45.9 Å². The molecule has 1 aromatic carbocycles. The number of aliphatic imine (C=N–C) groups is 2. The monoisotopic (exact) mass is 559 g/mol. The van der Waals surface area contributed by atoms with Crippen LogP contribution in [0.3, 0.4) is 0 Å². The van der Waals surface area contributed by atoms with Crippen molar-refractivity contribution in [3.05, 3.63) is 63.8 Å². The molecule has 1 saturated heterocycles. The van der Waals surface area contributed by atoms with E-state index in [4.69, 9.17) is 4.99 Å². The molecule has 2 unspecified atom stereocenters. The van der Waals surface area contributed by atoms with Gasteiger partial charge in [0.2, 0.25) is 0 Å². The molecule has 0 aliphatic carbocycles. The second kappa shape index (κ2) is 14.1. The van der Waals surface area contributed by atoms with Crippen LogP contribution in [0.1, 0.15) is 65.9 Å². The number of allylic oxidation sites excluding steroid dienone is 5. The van der Waals surface area contributed by atoms with Crippen molar-refractivity contribution in [2.24, 2.45) is 15.9 Å². The van der Waals surface area contributed by atoms with E-state index in [0.717, 1.165) is 66.0 Å². The van der Waals surface area contributed by atoms with E-state index in [-0.39, 0.29) is 5.92 Å². The van der Waals surface area contributed by atoms with Crippen LogP contribution in [0.15, 0.2) is 73.1 Å². The third-order valence-electron chi connectivity index (χ3n) is 6.24. The summed E-state index contributed by atoms with van der Waals surface area (Å²) in [6, 6.07) is 8.16. The molecule has 0 amide bonds. The zero-order valence-electron chi connectivity index (χ0n) is 22.1. The van der Waals surface area contributed by atoms with Crippen LogP contribution in [0.4, 0.5) is 0 Å². The highest BCUT2D eigenvalue weighted by Gasteiger charge is 2.28. The largest absolute Gasteiger partial charge is 0.292 e. The van der Waals surface area contributed by atoms with E-state index >= 15 is 0 Å². The maximum absolute atomic E-state index is 13.9. The van der Waals surface area contributed by atoms with Crippen LogP contribution in [-0.2, 0) is 16.1 Å². The third-order valence-corrected chi connectivity index (χ3v) is 9.20. The Morgan fingerprint density at radius 2 is 1.91 bits per heavy atom. The molecule has 0 radical (unpaired) electrons. The normalized spacial score (nSPS) is 19.8. The van der Waals surface area contributed by atoms with Gasteiger partial charge >= 0.3 is 0 Å². The van der Waals surface area contributed by atoms with Gasteiger partial charge in [-0.05, 0) is 105 Å². The molecule has 2 rings (SSSR count). The SMILES string of the molecule is C=C(CC)CCc1ccc(S(=C)(=O)N2CCCC(C(C=C(C)C)=N/C(C)=C(\Br)C=NCC)C2)cc1. The second-order valence-corrected chi connectivity index (χ2v) is 12.6. The first-order chi connectivity index (χ1) is 16.6. The number of aryl methyl sites for hydroxylation is 1. The van der Waals surface area contributed by atoms with Gasteiger partial charge < -0.3 is 0 Å². The molecule has 35 heavy (non-hydrogen) atoms. The van der Waals surface area contributed by atoms with E-state index in [1.54, 1.807) is 0 Å². The van der Waals surface area contributed by atoms with Crippen molar-refractivity contribution < 1.29 is 4.21 Å². The maximum atomic E-state index is 13.9. The fourth-order valence-electron chi connectivity index (χ4n) is 4.02. The molecule has 0 N–H and O–H groups in total. The first-order valence-corrected chi connectivity index (χ1v) is 15.0. The molecule has 0 bridgehead atoms. The Balaban J connectivity index is 2.26. The fraction of sp³-hybridized carbons (Fsp3) is 0.483. The Morgan fingerprint density at radius 1 is 1.23 bits per heavy atom. The molecule has 192 valence electrons. The Morgan fingerprint density at radius 3 is 2.51 bits per heavy atom. The highest BCUT2D eigenvalue weighted by Crippen LogP contribution is 2.27. The average molecular weight is 561 g/mol. The third kappa shape index (κ3) is 9.00. The number of hydrogen-bond donors (Lipinski definition) is 0. The molecule has 0 spiro atoms. The van der Waals surface area contributed by atoms with E-state index in [0.29, 0.717) is 6.54 Å². The molecule has 0 saturated carbocycles. The summed E-state index contributed by atoms with van der Waals surface area (Å²) in [7, 11) is -2.57. The van der Waals surface area contributed by atoms with Gasteiger partial charge in [-0.1, -0.05) is 36.8 Å². The van der Waals surface area contributed by atoms with E-state index in [9.17, 15) is 4.21 Å². The summed E-state index contributed by atoms with van der Waals surface area (Å²) in [5.41, 5.74) is 5.62. The molecule has 1 aliphatic heterocycles. The molecule has 1 aromatic rings. The quantitative estimate of drug-likeness (QED) is 0.158. The first-order valence-electron chi connectivity index (χ1n) is 12.6. The predicted molar refractivity (Wildman–Crippen MR) is 160 cm³/mol. The molecule has 1 fully saturated rings. The van der Waals surface area contributed by atoms with Crippen LogP contribution >= 0.6 is 15.9 Å². The lowest BCUT2D eigenvalue weighted by Gasteiger charge is -2.35. The molecule has 2 atom stereocenters. The molecular weight excluding hydrogens is 518 g/mol. The summed E-state index contributed by atoms with van der Waals surface area (Å²) in [6.07, 6.45) is 8.91. The Labute approximate surface area is 222 Å². The van der Waals surface area contributed by atoms with Gasteiger partial charge in [0.25, 0.3) is 0 Å². The number of halogens is 1. The lowest BCUT2D eigenvalue weighted by atomic mass is 9.93. The number of rotatable bonds is 11. The number of benzene rings is 1. The van der Waals surface area contributed by atoms with Gasteiger partial charge in [-0.2, -0.15) is 0 Å². The minimum atomic E-state index is -2.57. The summed E-state index contributed by atoms with van der Waals surface area (Å²) in [5.74, 6) is 4.40. The van der Waals surface area contributed by atoms with Crippen LogP contribution in [0.25, 0.3) is 0 Å². The minimum Gasteiger partial charge on any atom is -0.292 e. The van der Waals surface area contributed by atoms with Crippen molar-refractivity contribution in [3.8, 4) is 0 Å². The van der Waals surface area contributed by atoms with E-state index < -0.39 is 9.71 Å². The summed E-state index contributed by atoms with van der Waals surface area (Å²) < 4.78 is 16.9. The minimum absolute atomic E-state index is 0.193. The number of hydrogen-bond acceptors (Lipinski definition) is 3. The lowest BCUT2D eigenvalue weighted by Crippen LogP contribution is -2.42. The predicted octanol–water partition coefficient (Wildman–Crippen LogP) is 7.41. The van der Waals surface area contributed by atoms with Crippen molar-refractivity contribution in [1.82, 2.24) is 4.31 Å². The zero-order valence-corrected chi connectivity index (χ0v) is 24.6. The van der Waals surface area contributed by atoms with Crippen molar-refractivity contribution >= 4 is 43.4 Å². The van der Waals surface area contributed by atoms with Gasteiger partial charge in [0.1, 0.15) is 0 Å². The van der Waals surface area contributed by atoms with Crippen LogP contribution in [0.2, 0.25) is 0 Å². The lowest BCUT2D eigenvalue weighted by molar-refractivity contribution is 0.325. The Hall–Kier alpha value is -1.76. The Bertz CT molecular complexity index is 1090. The first kappa shape index (κ1) is 29.5. The van der Waals surface area contributed by atoms with Crippen LogP contribution < -0.4 is 0 Å². The summed E-state index contributed by atoms with van der Waals surface area (Å²) in [4.78, 5) is 10.1. The van der Waals surface area contributed by atoms with Crippen molar-refractivity contribution in [1.29, 1.82) is 0 Å². The fourth-order valence-corrected chi connectivity index (χ4v) is 5.95. The summed E-state index contributed by atoms with van der Waals surface area (Å²) in [5, 5.41) is 0. The molecule has 0 aromatic heterocycles. The van der Waals surface area contributed by atoms with E-state index in [1.807, 2.05) is 32.2 Å². The van der Waals surface area contributed by atoms with Gasteiger partial charge in [0, 0.05) is 42.4 Å². The van der Waals surface area contributed by atoms with Gasteiger partial charge in [-0.3, -0.25) is 9.98 Å². The molecule has 4 nitrogen and oxygen atoms in total. The van der Waals surface area contributed by atoms with Gasteiger partial charge in [-0.25, -0.2) is 8.51 Å². The smallest absolute Gasteiger partial charge is 0.0565 e. The number of piperidine rings is 1. The summed E-state index contributed by atoms with van der Waals surface area (Å²) >= 11 is 3.60. The Kier molecular flexibility index (Phi) is 11.9. The number of nitrogens with zero attached hydrogens (tertiary/aromatic N) is 3. The van der Waals surface area contributed by atoms with Crippen molar-refractivity contribution in [2.75, 3.05) is 19.6 Å². The highest BCUT2D eigenvalue weighted by atomic mass is 79.9. The highest BCUT2D eigenvalue weighted by molar-refractivity contribution is 9.12. The van der Waals surface area contributed by atoms with Gasteiger partial charge in [0.05, 0.1) is 19.9 Å². The van der Waals surface area contributed by atoms with Crippen LogP contribution in [0, 0.1) is 5.92 Å². The summed E-state index contributed by atoms with van der Waals surface area (Å²) in [6.45, 7) is 16.6. The molecule has 6 heteroatoms. The topological polar surface area (TPSA) is 45.0 Å². The van der Waals surface area contributed by atoms with Crippen LogP contribution in [0.5, 0.6) is 0 Å². The van der Waals surface area contributed by atoms with E-state index in [2.05, 4.69) is 76.7 Å². The maximum Gasteiger partial charge on any atom is 0.0565 e. The van der Waals surface area contributed by atoms with Gasteiger partial charge in [0.15, 0.2) is 0 Å². The van der Waals surface area contributed by atoms with Gasteiger partial charge in [-0.15, -0.1) is 0 Å². The molecule has 1 heterocycles. The standard InChI is InChI=1S/C29H42BrN3OS/c1-8-23(5)12-13-25-14-16-27(17-15-25)35(7,34)33-18-10-11-26(21-33)29(19-22(3)4)32-24(6)28(30)20-31-9-2/h14-17,19-20,26H,5,7-13,18,21H2,1-4,6H3/b28-24-,31-20?,32-29?. The molecular formula is C29H42BrN3OS. The molecule has 1 aliphatic rings. The van der Waals surface area contributed by atoms with E-state index in [1.165, 1.54) is 16.7 Å². The zero-order chi connectivity index (χ0) is 26.0. The van der Waals surface area contributed by atoms with Crippen molar-refractivity contribution in [2.45, 2.75) is 71.6 Å². The average Bonchev–Trinajstić information content (AvgIpc) is 2.85. The second-order valence-electron chi connectivity index (χ2n) is 9.43. The van der Waals surface area contributed by atoms with Crippen molar-refractivity contribution in [3.63, 3.8) is 0 Å².